The summed E-state index contributed by atoms with van der Waals surface area (Å²) in [5.74, 6) is 0. The van der Waals surface area contributed by atoms with Gasteiger partial charge in [0.05, 0.1) is 5.00 Å². The van der Waals surface area contributed by atoms with E-state index < -0.39 is 0 Å². The van der Waals surface area contributed by atoms with Crippen molar-refractivity contribution in [2.24, 2.45) is 0 Å². The number of unbranched alkanes of at least 4 members (excludes halogenated alkanes) is 1. The van der Waals surface area contributed by atoms with Crippen LogP contribution in [0.4, 0.5) is 10.7 Å². The molecule has 0 atom stereocenters. The van der Waals surface area contributed by atoms with Crippen molar-refractivity contribution in [1.82, 2.24) is 4.98 Å². The number of aromatic nitrogens is 1. The van der Waals surface area contributed by atoms with Gasteiger partial charge in [-0.15, -0.1) is 23.7 Å². The van der Waals surface area contributed by atoms with Crippen molar-refractivity contribution in [2.75, 3.05) is 11.4 Å². The molecule has 2 heterocycles. The van der Waals surface area contributed by atoms with E-state index in [9.17, 15) is 0 Å². The Hall–Kier alpha value is -1.58. The Morgan fingerprint density at radius 2 is 1.86 bits per heavy atom. The summed E-state index contributed by atoms with van der Waals surface area (Å²) in [5, 5.41) is 2.63. The molecule has 0 spiro atoms. The maximum atomic E-state index is 4.12. The van der Waals surface area contributed by atoms with Gasteiger partial charge in [-0.1, -0.05) is 31.5 Å². The first-order chi connectivity index (χ1) is 9.88. The highest BCUT2D eigenvalue weighted by molar-refractivity contribution is 7.22. The zero-order chi connectivity index (χ0) is 13.8. The zero-order valence-electron chi connectivity index (χ0n) is 12.0. The third-order valence-corrected chi connectivity index (χ3v) is 4.53. The Morgan fingerprint density at radius 1 is 1.10 bits per heavy atom. The van der Waals surface area contributed by atoms with Crippen LogP contribution < -0.4 is 4.90 Å². The van der Waals surface area contributed by atoms with Gasteiger partial charge in [-0.25, -0.2) is 0 Å². The number of pyridine rings is 1. The van der Waals surface area contributed by atoms with Crippen LogP contribution in [0.1, 0.15) is 19.8 Å². The summed E-state index contributed by atoms with van der Waals surface area (Å²) in [7, 11) is 0. The molecular formula is C17H19ClN2S. The van der Waals surface area contributed by atoms with Crippen LogP contribution in [0, 0.1) is 0 Å². The minimum atomic E-state index is 0. The zero-order valence-corrected chi connectivity index (χ0v) is 13.7. The molecule has 0 radical (unpaired) electrons. The van der Waals surface area contributed by atoms with Crippen molar-refractivity contribution in [2.45, 2.75) is 19.8 Å². The fourth-order valence-corrected chi connectivity index (χ4v) is 3.42. The van der Waals surface area contributed by atoms with Crippen molar-refractivity contribution in [3.63, 3.8) is 0 Å². The summed E-state index contributed by atoms with van der Waals surface area (Å²) in [6, 6.07) is 15.0. The summed E-state index contributed by atoms with van der Waals surface area (Å²) in [5.41, 5.74) is 1.22. The van der Waals surface area contributed by atoms with Gasteiger partial charge in [0.15, 0.2) is 0 Å². The average molecular weight is 319 g/mol. The second kappa shape index (κ2) is 7.43. The molecule has 0 saturated carbocycles. The van der Waals surface area contributed by atoms with Gasteiger partial charge in [-0.3, -0.25) is 4.98 Å². The molecule has 3 rings (SSSR count). The number of rotatable bonds is 5. The molecule has 1 aromatic carbocycles. The van der Waals surface area contributed by atoms with Gasteiger partial charge < -0.3 is 4.90 Å². The van der Waals surface area contributed by atoms with Gasteiger partial charge in [0.25, 0.3) is 0 Å². The Labute approximate surface area is 135 Å². The van der Waals surface area contributed by atoms with Crippen molar-refractivity contribution in [3.05, 3.63) is 54.9 Å². The Morgan fingerprint density at radius 3 is 2.57 bits per heavy atom. The van der Waals surface area contributed by atoms with E-state index in [4.69, 9.17) is 0 Å². The van der Waals surface area contributed by atoms with Gasteiger partial charge in [0.1, 0.15) is 0 Å². The van der Waals surface area contributed by atoms with Gasteiger partial charge >= 0.3 is 0 Å². The lowest BCUT2D eigenvalue weighted by atomic mass is 10.2. The Kier molecular flexibility index (Phi) is 5.59. The van der Waals surface area contributed by atoms with Crippen LogP contribution in [0.3, 0.4) is 0 Å². The third kappa shape index (κ3) is 3.55. The summed E-state index contributed by atoms with van der Waals surface area (Å²) < 4.78 is 1.35. The quantitative estimate of drug-likeness (QED) is 0.603. The summed E-state index contributed by atoms with van der Waals surface area (Å²) in [4.78, 5) is 6.52. The lowest BCUT2D eigenvalue weighted by Crippen LogP contribution is -2.17. The fourth-order valence-electron chi connectivity index (χ4n) is 2.31. The van der Waals surface area contributed by atoms with E-state index in [1.54, 1.807) is 0 Å². The van der Waals surface area contributed by atoms with E-state index in [2.05, 4.69) is 59.3 Å². The number of hydrogen-bond acceptors (Lipinski definition) is 3. The highest BCUT2D eigenvalue weighted by atomic mass is 35.5. The number of thiophene rings is 1. The number of halogens is 1. The molecule has 2 aromatic heterocycles. The van der Waals surface area contributed by atoms with Crippen molar-refractivity contribution in [1.29, 1.82) is 0 Å². The molecule has 3 aromatic rings. The second-order valence-corrected chi connectivity index (χ2v) is 5.90. The van der Waals surface area contributed by atoms with Crippen molar-refractivity contribution < 1.29 is 0 Å². The maximum Gasteiger partial charge on any atom is 0.0965 e. The van der Waals surface area contributed by atoms with Gasteiger partial charge in [0, 0.05) is 29.3 Å². The SMILES string of the molecule is CCCCN(c1ccncc1)c1cc2ccccc2s1.Cl. The normalized spacial score (nSPS) is 10.3. The molecule has 0 amide bonds. The standard InChI is InChI=1S/C17H18N2S.ClH/c1-2-3-12-19(15-8-10-18-11-9-15)17-13-14-6-4-5-7-16(14)20-17;/h4-11,13H,2-3,12H2,1H3;1H. The summed E-state index contributed by atoms with van der Waals surface area (Å²) >= 11 is 1.86. The van der Waals surface area contributed by atoms with Gasteiger partial charge in [-0.2, -0.15) is 0 Å². The molecule has 0 bridgehead atoms. The highest BCUT2D eigenvalue weighted by Gasteiger charge is 2.11. The Bertz CT molecular complexity index is 648. The molecule has 2 nitrogen and oxygen atoms in total. The Balaban J connectivity index is 0.00000161. The second-order valence-electron chi connectivity index (χ2n) is 4.83. The van der Waals surface area contributed by atoms with Crippen LogP contribution in [0.2, 0.25) is 0 Å². The number of nitrogens with zero attached hydrogens (tertiary/aromatic N) is 2. The fraction of sp³-hybridized carbons (Fsp3) is 0.235. The van der Waals surface area contributed by atoms with Crippen LogP contribution in [-0.2, 0) is 0 Å². The monoisotopic (exact) mass is 318 g/mol. The lowest BCUT2D eigenvalue weighted by molar-refractivity contribution is 0.788. The average Bonchev–Trinajstić information content (AvgIpc) is 2.92. The third-order valence-electron chi connectivity index (χ3n) is 3.39. The highest BCUT2D eigenvalue weighted by Crippen LogP contribution is 2.36. The first kappa shape index (κ1) is 15.8. The van der Waals surface area contributed by atoms with Crippen LogP contribution in [0.15, 0.2) is 54.9 Å². The number of anilines is 2. The van der Waals surface area contributed by atoms with Crippen molar-refractivity contribution in [3.8, 4) is 0 Å². The molecule has 0 aliphatic rings. The van der Waals surface area contributed by atoms with Crippen molar-refractivity contribution >= 4 is 44.5 Å². The molecule has 110 valence electrons. The van der Waals surface area contributed by atoms with Gasteiger partial charge in [-0.05, 0) is 36.1 Å². The smallest absolute Gasteiger partial charge is 0.0965 e. The number of hydrogen-bond donors (Lipinski definition) is 0. The minimum Gasteiger partial charge on any atom is -0.333 e. The predicted molar refractivity (Wildman–Crippen MR) is 95.2 cm³/mol. The van der Waals surface area contributed by atoms with E-state index >= 15 is 0 Å². The van der Waals surface area contributed by atoms with Crippen LogP contribution in [-0.4, -0.2) is 11.5 Å². The van der Waals surface area contributed by atoms with E-state index in [0.29, 0.717) is 0 Å². The van der Waals surface area contributed by atoms with E-state index in [0.717, 1.165) is 6.54 Å². The maximum absolute atomic E-state index is 4.12. The van der Waals surface area contributed by atoms with Crippen LogP contribution in [0.25, 0.3) is 10.1 Å². The van der Waals surface area contributed by atoms with E-state index in [1.807, 2.05) is 23.7 Å². The topological polar surface area (TPSA) is 16.1 Å². The molecule has 0 unspecified atom stereocenters. The molecule has 0 fully saturated rings. The van der Waals surface area contributed by atoms with Crippen LogP contribution in [0.5, 0.6) is 0 Å². The first-order valence-corrected chi connectivity index (χ1v) is 7.86. The summed E-state index contributed by atoms with van der Waals surface area (Å²) in [6.07, 6.45) is 6.12. The largest absolute Gasteiger partial charge is 0.333 e. The van der Waals surface area contributed by atoms with Gasteiger partial charge in [0.2, 0.25) is 0 Å². The molecule has 0 aliphatic carbocycles. The number of fused-ring (bicyclic) bond motifs is 1. The molecular weight excluding hydrogens is 300 g/mol. The predicted octanol–water partition coefficient (Wildman–Crippen LogP) is 5.66. The molecule has 21 heavy (non-hydrogen) atoms. The summed E-state index contributed by atoms with van der Waals surface area (Å²) in [6.45, 7) is 3.28. The molecule has 0 saturated heterocycles. The number of benzene rings is 1. The lowest BCUT2D eigenvalue weighted by Gasteiger charge is -2.22. The van der Waals surface area contributed by atoms with Crippen LogP contribution >= 0.6 is 23.7 Å². The molecule has 0 N–H and O–H groups in total. The van der Waals surface area contributed by atoms with E-state index in [-0.39, 0.29) is 12.4 Å². The van der Waals surface area contributed by atoms with E-state index in [1.165, 1.54) is 33.6 Å². The minimum absolute atomic E-state index is 0. The molecule has 4 heteroatoms. The molecule has 0 aliphatic heterocycles. The first-order valence-electron chi connectivity index (χ1n) is 7.04.